The van der Waals surface area contributed by atoms with Crippen molar-refractivity contribution in [3.63, 3.8) is 0 Å². The minimum Gasteiger partial charge on any atom is -0.170 e. The van der Waals surface area contributed by atoms with Crippen LogP contribution in [0.1, 0.15) is 0 Å². The first-order valence-electron chi connectivity index (χ1n) is 4.54. The Morgan fingerprint density at radius 3 is 1.29 bits per heavy atom. The molecule has 0 aromatic rings. The van der Waals surface area contributed by atoms with Crippen molar-refractivity contribution in [3.8, 4) is 0 Å². The van der Waals surface area contributed by atoms with Gasteiger partial charge in [0.25, 0.3) is 0 Å². The van der Waals surface area contributed by atoms with Crippen LogP contribution >= 0.6 is 0 Å². The van der Waals surface area contributed by atoms with E-state index in [0.29, 0.717) is 0 Å². The fourth-order valence-electron chi connectivity index (χ4n) is 1.72. The predicted molar refractivity (Wildman–Crippen MR) is 47.7 cm³/mol. The quantitative estimate of drug-likeness (QED) is 0.575. The van der Waals surface area contributed by atoms with Crippen LogP contribution in [0.2, 0.25) is 0 Å². The van der Waals surface area contributed by atoms with E-state index in [0.717, 1.165) is 12.2 Å². The summed E-state index contributed by atoms with van der Waals surface area (Å²) in [4.78, 5) is 0. The largest absolute Gasteiger partial charge is 0.396 e. The van der Waals surface area contributed by atoms with E-state index in [1.54, 1.807) is 0 Å². The lowest BCUT2D eigenvalue weighted by molar-refractivity contribution is -0.114. The first-order chi connectivity index (χ1) is 7.71. The predicted octanol–water partition coefficient (Wildman–Crippen LogP) is 3.75. The number of fused-ring (bicyclic) bond motifs is 1. The molecule has 1 fully saturated rings. The molecule has 0 atom stereocenters. The smallest absolute Gasteiger partial charge is 0.170 e. The molecule has 1 saturated carbocycles. The summed E-state index contributed by atoms with van der Waals surface area (Å²) in [6, 6.07) is 0. The molecule has 6 heteroatoms. The average Bonchev–Trinajstić information content (AvgIpc) is 2.55. The van der Waals surface area contributed by atoms with Gasteiger partial charge in [-0.2, -0.15) is 26.3 Å². The summed E-state index contributed by atoms with van der Waals surface area (Å²) in [6.45, 7) is 0. The summed E-state index contributed by atoms with van der Waals surface area (Å²) in [6.07, 6.45) is -4.80. The third kappa shape index (κ3) is 2.21. The molecular weight excluding hydrogens is 246 g/mol. The van der Waals surface area contributed by atoms with Gasteiger partial charge in [-0.1, -0.05) is 24.3 Å². The summed E-state index contributed by atoms with van der Waals surface area (Å²) >= 11 is 0. The Kier molecular flexibility index (Phi) is 2.78. The monoisotopic (exact) mass is 251 g/mol. The van der Waals surface area contributed by atoms with Gasteiger partial charge in [0.15, 0.2) is 0 Å². The number of hydrogen-bond donors (Lipinski definition) is 0. The zero-order valence-corrected chi connectivity index (χ0v) is 8.15. The van der Waals surface area contributed by atoms with Crippen LogP contribution < -0.4 is 0 Å². The lowest BCUT2D eigenvalue weighted by Gasteiger charge is -2.23. The Morgan fingerprint density at radius 2 is 1.00 bits per heavy atom. The minimum atomic E-state index is -4.79. The molecular formula is C11H5F6. The van der Waals surface area contributed by atoms with Gasteiger partial charge in [0.05, 0.1) is 11.8 Å². The van der Waals surface area contributed by atoms with Crippen LogP contribution in [0.5, 0.6) is 0 Å². The van der Waals surface area contributed by atoms with Crippen LogP contribution in [0.4, 0.5) is 26.3 Å². The summed E-state index contributed by atoms with van der Waals surface area (Å²) < 4.78 is 75.3. The molecule has 0 nitrogen and oxygen atoms in total. The Hall–Kier alpha value is -0.940. The highest BCUT2D eigenvalue weighted by Crippen LogP contribution is 2.59. The molecule has 0 heterocycles. The summed E-state index contributed by atoms with van der Waals surface area (Å²) in [5.41, 5.74) is 0. The van der Waals surface area contributed by atoms with Gasteiger partial charge in [-0.3, -0.25) is 0 Å². The van der Waals surface area contributed by atoms with Crippen LogP contribution in [-0.2, 0) is 0 Å². The second kappa shape index (κ2) is 3.78. The van der Waals surface area contributed by atoms with E-state index in [9.17, 15) is 26.3 Å². The van der Waals surface area contributed by atoms with Crippen LogP contribution in [0.25, 0.3) is 0 Å². The second-order valence-corrected chi connectivity index (χ2v) is 3.51. The van der Waals surface area contributed by atoms with Gasteiger partial charge in [-0.15, -0.1) is 0 Å². The van der Waals surface area contributed by atoms with Crippen LogP contribution in [0.15, 0.2) is 24.3 Å². The SMILES string of the molecule is FC(F)(F)[C]1[CH][C](C(F)(F)F)[C]2C=CC=C[C]21. The third-order valence-electron chi connectivity index (χ3n) is 2.41. The molecule has 2 rings (SSSR count). The highest BCUT2D eigenvalue weighted by molar-refractivity contribution is 5.68. The van der Waals surface area contributed by atoms with Gasteiger partial charge in [0.2, 0.25) is 0 Å². The first-order valence-corrected chi connectivity index (χ1v) is 4.54. The van der Waals surface area contributed by atoms with Gasteiger partial charge in [0.1, 0.15) is 0 Å². The minimum absolute atomic E-state index is 0.157. The van der Waals surface area contributed by atoms with Crippen molar-refractivity contribution in [2.45, 2.75) is 12.4 Å². The molecule has 91 valence electrons. The molecule has 0 aromatic heterocycles. The molecule has 0 aliphatic heterocycles. The Morgan fingerprint density at radius 1 is 0.647 bits per heavy atom. The number of alkyl halides is 6. The Balaban J connectivity index is 2.31. The highest BCUT2D eigenvalue weighted by atomic mass is 19.4. The van der Waals surface area contributed by atoms with E-state index in [1.807, 2.05) is 0 Å². The molecule has 0 unspecified atom stereocenters. The average molecular weight is 251 g/mol. The maximum Gasteiger partial charge on any atom is 0.396 e. The molecule has 0 aromatic carbocycles. The topological polar surface area (TPSA) is 0 Å². The molecule has 2 aliphatic rings. The number of allylic oxidation sites excluding steroid dienone is 4. The van der Waals surface area contributed by atoms with Gasteiger partial charge >= 0.3 is 12.4 Å². The lowest BCUT2D eigenvalue weighted by Crippen LogP contribution is -2.24. The standard InChI is InChI=1S/C11H5F6/c12-10(13,14)8-5-9(11(15,16)17)7-4-2-1-3-6(7)8/h1-5H. The molecule has 0 amide bonds. The molecule has 0 bridgehead atoms. The Bertz CT molecular complexity index is 314. The molecule has 0 spiro atoms. The van der Waals surface area contributed by atoms with Crippen molar-refractivity contribution in [2.75, 3.05) is 0 Å². The number of halogens is 6. The van der Waals surface area contributed by atoms with Crippen molar-refractivity contribution in [3.05, 3.63) is 54.4 Å². The van der Waals surface area contributed by atoms with Crippen LogP contribution in [0.3, 0.4) is 0 Å². The third-order valence-corrected chi connectivity index (χ3v) is 2.41. The van der Waals surface area contributed by atoms with E-state index in [1.165, 1.54) is 12.2 Å². The molecule has 0 saturated heterocycles. The maximum absolute atomic E-state index is 12.6. The zero-order valence-electron chi connectivity index (χ0n) is 8.15. The zero-order chi connectivity index (χ0) is 12.8. The number of hydrogen-bond acceptors (Lipinski definition) is 0. The van der Waals surface area contributed by atoms with Gasteiger partial charge in [-0.25, -0.2) is 0 Å². The molecule has 0 N–H and O–H groups in total. The first kappa shape index (κ1) is 12.5. The van der Waals surface area contributed by atoms with Crippen LogP contribution in [-0.4, -0.2) is 12.4 Å². The summed E-state index contributed by atoms with van der Waals surface area (Å²) in [5, 5.41) is 0. The number of rotatable bonds is 0. The highest BCUT2D eigenvalue weighted by Gasteiger charge is 2.62. The summed E-state index contributed by atoms with van der Waals surface area (Å²) in [5.74, 6) is -3.35. The maximum atomic E-state index is 12.6. The van der Waals surface area contributed by atoms with Crippen molar-refractivity contribution in [2.24, 2.45) is 0 Å². The molecule has 2 aliphatic carbocycles. The van der Waals surface area contributed by atoms with Gasteiger partial charge < -0.3 is 0 Å². The fraction of sp³-hybridized carbons (Fsp3) is 0.182. The normalized spacial score (nSPS) is 24.6. The lowest BCUT2D eigenvalue weighted by atomic mass is 9.83. The van der Waals surface area contributed by atoms with E-state index in [-0.39, 0.29) is 6.42 Å². The van der Waals surface area contributed by atoms with E-state index >= 15 is 0 Å². The van der Waals surface area contributed by atoms with E-state index in [2.05, 4.69) is 0 Å². The van der Waals surface area contributed by atoms with Crippen molar-refractivity contribution in [1.82, 2.24) is 0 Å². The van der Waals surface area contributed by atoms with Crippen LogP contribution in [0, 0.1) is 30.1 Å². The van der Waals surface area contributed by atoms with Crippen molar-refractivity contribution < 1.29 is 26.3 Å². The second-order valence-electron chi connectivity index (χ2n) is 3.51. The summed E-state index contributed by atoms with van der Waals surface area (Å²) in [7, 11) is 0. The fourth-order valence-corrected chi connectivity index (χ4v) is 1.72. The van der Waals surface area contributed by atoms with Crippen molar-refractivity contribution in [1.29, 1.82) is 0 Å². The molecule has 17 heavy (non-hydrogen) atoms. The van der Waals surface area contributed by atoms with Gasteiger partial charge in [-0.05, 0) is 6.42 Å². The Labute approximate surface area is 94.0 Å². The van der Waals surface area contributed by atoms with Gasteiger partial charge in [0, 0.05) is 11.8 Å². The van der Waals surface area contributed by atoms with Crippen molar-refractivity contribution >= 4 is 0 Å². The van der Waals surface area contributed by atoms with E-state index < -0.39 is 36.0 Å². The molecule has 5 radical (unpaired) electrons. The van der Waals surface area contributed by atoms with E-state index in [4.69, 9.17) is 0 Å².